The fraction of sp³-hybridized carbons (Fsp3) is 0.500. The summed E-state index contributed by atoms with van der Waals surface area (Å²) in [6.45, 7) is 2.32. The molecule has 2 aromatic rings. The van der Waals surface area contributed by atoms with E-state index in [2.05, 4.69) is 18.4 Å². The molecule has 0 spiro atoms. The molecule has 0 aliphatic heterocycles. The summed E-state index contributed by atoms with van der Waals surface area (Å²) in [5.74, 6) is 7.06. The second kappa shape index (κ2) is 5.80. The second-order valence-electron chi connectivity index (χ2n) is 6.00. The van der Waals surface area contributed by atoms with Gasteiger partial charge in [-0.15, -0.1) is 11.3 Å². The van der Waals surface area contributed by atoms with Crippen LogP contribution in [0, 0.1) is 17.7 Å². The lowest BCUT2D eigenvalue weighted by molar-refractivity contribution is 0.234. The molecule has 1 saturated carbocycles. The topological polar surface area (TPSA) is 38.0 Å². The van der Waals surface area contributed by atoms with E-state index in [1.54, 1.807) is 17.4 Å². The summed E-state index contributed by atoms with van der Waals surface area (Å²) in [7, 11) is 0. The summed E-state index contributed by atoms with van der Waals surface area (Å²) in [5.41, 5.74) is 3.00. The van der Waals surface area contributed by atoms with E-state index in [9.17, 15) is 4.39 Å². The first-order valence-corrected chi connectivity index (χ1v) is 8.14. The van der Waals surface area contributed by atoms with Crippen LogP contribution >= 0.6 is 11.3 Å². The van der Waals surface area contributed by atoms with Crippen LogP contribution in [-0.2, 0) is 0 Å². The molecule has 3 rings (SSSR count). The van der Waals surface area contributed by atoms with Gasteiger partial charge in [0, 0.05) is 9.58 Å². The summed E-state index contributed by atoms with van der Waals surface area (Å²) in [5, 5.41) is 1.11. The van der Waals surface area contributed by atoms with E-state index >= 15 is 0 Å². The Balaban J connectivity index is 1.87. The third-order valence-corrected chi connectivity index (χ3v) is 5.70. The normalized spacial score (nSPS) is 24.9. The first kappa shape index (κ1) is 14.0. The zero-order chi connectivity index (χ0) is 14.1. The number of thiophene rings is 1. The number of rotatable bonds is 3. The highest BCUT2D eigenvalue weighted by Crippen LogP contribution is 2.40. The van der Waals surface area contributed by atoms with Gasteiger partial charge in [0.05, 0.1) is 6.04 Å². The third-order valence-electron chi connectivity index (χ3n) is 4.52. The standard InChI is InChI=1S/C16H21FN2S/c1-10-2-4-11(5-3-10)16(19-18)15-8-12-6-7-13(17)9-14(12)20-15/h6-11,16,19H,2-5,18H2,1H3. The van der Waals surface area contributed by atoms with Gasteiger partial charge in [0.15, 0.2) is 0 Å². The molecule has 20 heavy (non-hydrogen) atoms. The Morgan fingerprint density at radius 1 is 1.25 bits per heavy atom. The van der Waals surface area contributed by atoms with E-state index in [0.717, 1.165) is 16.0 Å². The first-order chi connectivity index (χ1) is 9.67. The lowest BCUT2D eigenvalue weighted by Crippen LogP contribution is -2.34. The number of hydrazine groups is 1. The van der Waals surface area contributed by atoms with Gasteiger partial charge in [0.2, 0.25) is 0 Å². The van der Waals surface area contributed by atoms with Gasteiger partial charge in [-0.25, -0.2) is 4.39 Å². The Bertz CT molecular complexity index is 587. The van der Waals surface area contributed by atoms with E-state index in [1.807, 2.05) is 6.07 Å². The van der Waals surface area contributed by atoms with Gasteiger partial charge in [-0.3, -0.25) is 11.3 Å². The van der Waals surface area contributed by atoms with Gasteiger partial charge in [0.25, 0.3) is 0 Å². The van der Waals surface area contributed by atoms with Gasteiger partial charge in [-0.2, -0.15) is 0 Å². The van der Waals surface area contributed by atoms with Crippen molar-refractivity contribution in [3.63, 3.8) is 0 Å². The largest absolute Gasteiger partial charge is 0.271 e. The maximum Gasteiger partial charge on any atom is 0.124 e. The quantitative estimate of drug-likeness (QED) is 0.651. The highest BCUT2D eigenvalue weighted by Gasteiger charge is 2.27. The van der Waals surface area contributed by atoms with Crippen LogP contribution in [0.5, 0.6) is 0 Å². The van der Waals surface area contributed by atoms with Crippen molar-refractivity contribution < 1.29 is 4.39 Å². The molecular weight excluding hydrogens is 271 g/mol. The predicted octanol–water partition coefficient (Wildman–Crippen LogP) is 4.37. The van der Waals surface area contributed by atoms with Gasteiger partial charge in [0.1, 0.15) is 5.82 Å². The third kappa shape index (κ3) is 2.73. The molecule has 0 radical (unpaired) electrons. The molecule has 2 nitrogen and oxygen atoms in total. The second-order valence-corrected chi connectivity index (χ2v) is 7.11. The van der Waals surface area contributed by atoms with Crippen molar-refractivity contribution in [2.24, 2.45) is 17.7 Å². The van der Waals surface area contributed by atoms with Gasteiger partial charge in [-0.05, 0) is 48.3 Å². The maximum atomic E-state index is 13.3. The van der Waals surface area contributed by atoms with Crippen LogP contribution < -0.4 is 11.3 Å². The average Bonchev–Trinajstić information content (AvgIpc) is 2.84. The molecule has 1 unspecified atom stereocenters. The molecule has 1 aromatic heterocycles. The minimum atomic E-state index is -0.172. The number of fused-ring (bicyclic) bond motifs is 1. The molecular formula is C16H21FN2S. The van der Waals surface area contributed by atoms with Crippen molar-refractivity contribution >= 4 is 21.4 Å². The van der Waals surface area contributed by atoms with Gasteiger partial charge in [-0.1, -0.05) is 25.8 Å². The SMILES string of the molecule is CC1CCC(C(NN)c2cc3ccc(F)cc3s2)CC1. The van der Waals surface area contributed by atoms with E-state index in [0.29, 0.717) is 5.92 Å². The van der Waals surface area contributed by atoms with Crippen molar-refractivity contribution in [1.82, 2.24) is 5.43 Å². The maximum absolute atomic E-state index is 13.3. The first-order valence-electron chi connectivity index (χ1n) is 7.32. The highest BCUT2D eigenvalue weighted by molar-refractivity contribution is 7.19. The molecule has 0 bridgehead atoms. The molecule has 1 heterocycles. The van der Waals surface area contributed by atoms with Crippen molar-refractivity contribution in [3.8, 4) is 0 Å². The van der Waals surface area contributed by atoms with Crippen molar-refractivity contribution in [2.75, 3.05) is 0 Å². The summed E-state index contributed by atoms with van der Waals surface area (Å²) >= 11 is 1.66. The van der Waals surface area contributed by atoms with Crippen LogP contribution in [0.1, 0.15) is 43.5 Å². The minimum absolute atomic E-state index is 0.172. The minimum Gasteiger partial charge on any atom is -0.271 e. The zero-order valence-corrected chi connectivity index (χ0v) is 12.5. The van der Waals surface area contributed by atoms with Crippen LogP contribution in [0.25, 0.3) is 10.1 Å². The lowest BCUT2D eigenvalue weighted by Gasteiger charge is -2.31. The van der Waals surface area contributed by atoms with Crippen LogP contribution in [-0.4, -0.2) is 0 Å². The molecule has 1 aliphatic rings. The van der Waals surface area contributed by atoms with Crippen molar-refractivity contribution in [2.45, 2.75) is 38.6 Å². The number of hydrogen-bond donors (Lipinski definition) is 2. The number of hydrogen-bond acceptors (Lipinski definition) is 3. The summed E-state index contributed by atoms with van der Waals surface area (Å²) in [6.07, 6.45) is 5.00. The number of nitrogens with two attached hydrogens (primary N) is 1. The molecule has 4 heteroatoms. The van der Waals surface area contributed by atoms with Crippen molar-refractivity contribution in [1.29, 1.82) is 0 Å². The molecule has 1 aliphatic carbocycles. The molecule has 108 valence electrons. The average molecular weight is 292 g/mol. The van der Waals surface area contributed by atoms with Crippen LogP contribution in [0.15, 0.2) is 24.3 Å². The van der Waals surface area contributed by atoms with E-state index in [1.165, 1.54) is 36.6 Å². The van der Waals surface area contributed by atoms with Gasteiger partial charge < -0.3 is 0 Å². The smallest absolute Gasteiger partial charge is 0.124 e. The van der Waals surface area contributed by atoms with E-state index < -0.39 is 0 Å². The van der Waals surface area contributed by atoms with Gasteiger partial charge >= 0.3 is 0 Å². The Labute approximate surface area is 123 Å². The van der Waals surface area contributed by atoms with Crippen molar-refractivity contribution in [3.05, 3.63) is 35.0 Å². The fourth-order valence-corrected chi connectivity index (χ4v) is 4.49. The monoisotopic (exact) mass is 292 g/mol. The molecule has 0 amide bonds. The number of nitrogens with one attached hydrogen (secondary N) is 1. The van der Waals surface area contributed by atoms with Crippen LogP contribution in [0.4, 0.5) is 4.39 Å². The molecule has 1 fully saturated rings. The molecule has 1 aromatic carbocycles. The predicted molar refractivity (Wildman–Crippen MR) is 83.0 cm³/mol. The Kier molecular flexibility index (Phi) is 4.06. The molecule has 0 saturated heterocycles. The Hall–Kier alpha value is -0.970. The highest BCUT2D eigenvalue weighted by atomic mass is 32.1. The molecule has 3 N–H and O–H groups in total. The Morgan fingerprint density at radius 3 is 2.70 bits per heavy atom. The summed E-state index contributed by atoms with van der Waals surface area (Å²) in [4.78, 5) is 1.23. The number of benzene rings is 1. The van der Waals surface area contributed by atoms with Crippen LogP contribution in [0.3, 0.4) is 0 Å². The van der Waals surface area contributed by atoms with E-state index in [4.69, 9.17) is 5.84 Å². The lowest BCUT2D eigenvalue weighted by atomic mass is 9.79. The fourth-order valence-electron chi connectivity index (χ4n) is 3.25. The number of halogens is 1. The Morgan fingerprint density at radius 2 is 2.00 bits per heavy atom. The summed E-state index contributed by atoms with van der Waals surface area (Å²) in [6, 6.07) is 7.33. The zero-order valence-electron chi connectivity index (χ0n) is 11.7. The summed E-state index contributed by atoms with van der Waals surface area (Å²) < 4.78 is 14.3. The molecule has 1 atom stereocenters. The van der Waals surface area contributed by atoms with Crippen LogP contribution in [0.2, 0.25) is 0 Å². The van der Waals surface area contributed by atoms with E-state index in [-0.39, 0.29) is 11.9 Å².